The molecule has 3 aromatic heterocycles. The number of fused-ring (bicyclic) bond motifs is 1. The van der Waals surface area contributed by atoms with Gasteiger partial charge in [0.05, 0.1) is 30.0 Å². The van der Waals surface area contributed by atoms with Crippen LogP contribution in [-0.2, 0) is 0 Å². The molecule has 1 amide bonds. The molecule has 0 saturated heterocycles. The molecule has 7 nitrogen and oxygen atoms in total. The molecule has 1 N–H and O–H groups in total. The van der Waals surface area contributed by atoms with Crippen molar-refractivity contribution in [2.45, 2.75) is 26.8 Å². The number of carbonyl (C=O) groups excluding carboxylic acids is 1. The van der Waals surface area contributed by atoms with Gasteiger partial charge in [-0.15, -0.1) is 11.3 Å². The molecular formula is C21H20FN5O2S. The van der Waals surface area contributed by atoms with Crippen molar-refractivity contribution in [1.82, 2.24) is 19.7 Å². The Balaban J connectivity index is 1.62. The number of nitrogens with zero attached hydrogens (tertiary/aromatic N) is 4. The molecule has 0 fully saturated rings. The summed E-state index contributed by atoms with van der Waals surface area (Å²) in [6.07, 6.45) is 1.66. The Morgan fingerprint density at radius 3 is 2.77 bits per heavy atom. The van der Waals surface area contributed by atoms with Crippen LogP contribution in [0.15, 0.2) is 35.8 Å². The van der Waals surface area contributed by atoms with E-state index in [0.717, 1.165) is 5.69 Å². The molecule has 154 valence electrons. The van der Waals surface area contributed by atoms with Gasteiger partial charge in [-0.1, -0.05) is 0 Å². The number of thiazole rings is 1. The summed E-state index contributed by atoms with van der Waals surface area (Å²) < 4.78 is 20.7. The molecule has 0 atom stereocenters. The van der Waals surface area contributed by atoms with E-state index < -0.39 is 5.82 Å². The number of halogens is 1. The summed E-state index contributed by atoms with van der Waals surface area (Å²) in [6.45, 7) is 5.86. The second kappa shape index (κ2) is 7.83. The third-order valence-electron chi connectivity index (χ3n) is 4.60. The lowest BCUT2D eigenvalue weighted by atomic mass is 10.1. The zero-order valence-electron chi connectivity index (χ0n) is 16.9. The van der Waals surface area contributed by atoms with Gasteiger partial charge in [-0.25, -0.2) is 19.0 Å². The number of nitrogens with one attached hydrogen (secondary N) is 1. The minimum Gasteiger partial charge on any atom is -0.494 e. The SMILES string of the molecule is COc1ccc(-c2csc(NC(=O)c3cc(C)nc4c3cnn4C(C)C)n2)cc1F. The van der Waals surface area contributed by atoms with Gasteiger partial charge in [0.1, 0.15) is 0 Å². The van der Waals surface area contributed by atoms with Crippen molar-refractivity contribution in [3.63, 3.8) is 0 Å². The Morgan fingerprint density at radius 1 is 1.27 bits per heavy atom. The Kier molecular flexibility index (Phi) is 5.21. The lowest BCUT2D eigenvalue weighted by molar-refractivity contribution is 0.102. The number of rotatable bonds is 5. The predicted molar refractivity (Wildman–Crippen MR) is 115 cm³/mol. The topological polar surface area (TPSA) is 81.9 Å². The molecule has 0 radical (unpaired) electrons. The quantitative estimate of drug-likeness (QED) is 0.495. The number of amides is 1. The highest BCUT2D eigenvalue weighted by molar-refractivity contribution is 7.14. The van der Waals surface area contributed by atoms with Crippen LogP contribution in [0.4, 0.5) is 9.52 Å². The highest BCUT2D eigenvalue weighted by Gasteiger charge is 2.18. The minimum absolute atomic E-state index is 0.124. The number of pyridine rings is 1. The average molecular weight is 425 g/mol. The molecule has 30 heavy (non-hydrogen) atoms. The van der Waals surface area contributed by atoms with Crippen molar-refractivity contribution in [3.05, 3.63) is 52.9 Å². The summed E-state index contributed by atoms with van der Waals surface area (Å²) in [5.41, 5.74) is 3.05. The Bertz CT molecular complexity index is 1250. The fourth-order valence-electron chi connectivity index (χ4n) is 3.16. The number of anilines is 1. The van der Waals surface area contributed by atoms with E-state index in [4.69, 9.17) is 4.74 Å². The van der Waals surface area contributed by atoms with Crippen LogP contribution in [0.3, 0.4) is 0 Å². The highest BCUT2D eigenvalue weighted by atomic mass is 32.1. The number of hydrogen-bond donors (Lipinski definition) is 1. The van der Waals surface area contributed by atoms with E-state index in [0.29, 0.717) is 33.0 Å². The predicted octanol–water partition coefficient (Wildman–Crippen LogP) is 4.84. The fraction of sp³-hybridized carbons (Fsp3) is 0.238. The van der Waals surface area contributed by atoms with Crippen LogP contribution in [0.2, 0.25) is 0 Å². The first kappa shape index (κ1) is 20.0. The van der Waals surface area contributed by atoms with Crippen molar-refractivity contribution in [2.24, 2.45) is 0 Å². The summed E-state index contributed by atoms with van der Waals surface area (Å²) in [5.74, 6) is -0.595. The van der Waals surface area contributed by atoms with Gasteiger partial charge in [0, 0.05) is 22.7 Å². The van der Waals surface area contributed by atoms with Crippen LogP contribution >= 0.6 is 11.3 Å². The first-order chi connectivity index (χ1) is 14.4. The minimum atomic E-state index is -0.467. The van der Waals surface area contributed by atoms with Gasteiger partial charge in [-0.3, -0.25) is 10.1 Å². The van der Waals surface area contributed by atoms with Gasteiger partial charge in [0.15, 0.2) is 22.3 Å². The third kappa shape index (κ3) is 3.63. The van der Waals surface area contributed by atoms with Gasteiger partial charge in [0.2, 0.25) is 0 Å². The summed E-state index contributed by atoms with van der Waals surface area (Å²) in [7, 11) is 1.41. The molecule has 0 bridgehead atoms. The van der Waals surface area contributed by atoms with Crippen LogP contribution in [0.1, 0.15) is 35.9 Å². The number of aromatic nitrogens is 4. The fourth-order valence-corrected chi connectivity index (χ4v) is 3.88. The van der Waals surface area contributed by atoms with Crippen molar-refractivity contribution in [3.8, 4) is 17.0 Å². The third-order valence-corrected chi connectivity index (χ3v) is 5.36. The molecule has 0 aliphatic rings. The zero-order chi connectivity index (χ0) is 21.4. The van der Waals surface area contributed by atoms with E-state index in [9.17, 15) is 9.18 Å². The highest BCUT2D eigenvalue weighted by Crippen LogP contribution is 2.29. The summed E-state index contributed by atoms with van der Waals surface area (Å²) >= 11 is 1.27. The molecule has 0 aliphatic heterocycles. The van der Waals surface area contributed by atoms with Crippen LogP contribution in [0.5, 0.6) is 5.75 Å². The molecule has 1 aromatic carbocycles. The Hall–Kier alpha value is -3.33. The van der Waals surface area contributed by atoms with Crippen molar-refractivity contribution in [1.29, 1.82) is 0 Å². The monoisotopic (exact) mass is 425 g/mol. The maximum absolute atomic E-state index is 14.0. The van der Waals surface area contributed by atoms with Gasteiger partial charge in [0.25, 0.3) is 5.91 Å². The number of ether oxygens (including phenoxy) is 1. The van der Waals surface area contributed by atoms with Crippen LogP contribution in [-0.4, -0.2) is 32.8 Å². The van der Waals surface area contributed by atoms with E-state index in [-0.39, 0.29) is 17.7 Å². The van der Waals surface area contributed by atoms with E-state index in [1.165, 1.54) is 24.5 Å². The zero-order valence-corrected chi connectivity index (χ0v) is 17.7. The van der Waals surface area contributed by atoms with Gasteiger partial charge >= 0.3 is 0 Å². The summed E-state index contributed by atoms with van der Waals surface area (Å²) in [5, 5.41) is 10.1. The van der Waals surface area contributed by atoms with Crippen LogP contribution < -0.4 is 10.1 Å². The number of aryl methyl sites for hydroxylation is 1. The normalized spacial score (nSPS) is 11.3. The lowest BCUT2D eigenvalue weighted by Gasteiger charge is -2.08. The first-order valence-corrected chi connectivity index (χ1v) is 10.2. The summed E-state index contributed by atoms with van der Waals surface area (Å²) in [4.78, 5) is 21.9. The molecule has 4 rings (SSSR count). The second-order valence-corrected chi connectivity index (χ2v) is 7.93. The number of carbonyl (C=O) groups is 1. The van der Waals surface area contributed by atoms with Crippen molar-refractivity contribution in [2.75, 3.05) is 12.4 Å². The van der Waals surface area contributed by atoms with Gasteiger partial charge in [-0.2, -0.15) is 5.10 Å². The Labute approximate surface area is 176 Å². The maximum atomic E-state index is 14.0. The number of hydrogen-bond acceptors (Lipinski definition) is 6. The van der Waals surface area contributed by atoms with E-state index in [2.05, 4.69) is 20.4 Å². The average Bonchev–Trinajstić information content (AvgIpc) is 3.34. The van der Waals surface area contributed by atoms with Crippen molar-refractivity contribution < 1.29 is 13.9 Å². The molecule has 0 aliphatic carbocycles. The molecule has 3 heterocycles. The van der Waals surface area contributed by atoms with E-state index >= 15 is 0 Å². The first-order valence-electron chi connectivity index (χ1n) is 9.33. The molecule has 0 saturated carbocycles. The number of benzene rings is 1. The molecule has 0 unspecified atom stereocenters. The van der Waals surface area contributed by atoms with Gasteiger partial charge < -0.3 is 4.74 Å². The van der Waals surface area contributed by atoms with Crippen LogP contribution in [0.25, 0.3) is 22.3 Å². The maximum Gasteiger partial charge on any atom is 0.258 e. The molecule has 4 aromatic rings. The smallest absolute Gasteiger partial charge is 0.258 e. The van der Waals surface area contributed by atoms with Crippen molar-refractivity contribution >= 4 is 33.4 Å². The largest absolute Gasteiger partial charge is 0.494 e. The lowest BCUT2D eigenvalue weighted by Crippen LogP contribution is -2.13. The van der Waals surface area contributed by atoms with Crippen LogP contribution in [0, 0.1) is 12.7 Å². The standard InChI is InChI=1S/C21H20FN5O2S/c1-11(2)27-19-15(9-23-27)14(7-12(3)24-19)20(28)26-21-25-17(10-30-21)13-5-6-18(29-4)16(22)8-13/h5-11H,1-4H3,(H,25,26,28). The number of methoxy groups -OCH3 is 1. The second-order valence-electron chi connectivity index (χ2n) is 7.07. The molecule has 0 spiro atoms. The molecule has 9 heteroatoms. The van der Waals surface area contributed by atoms with E-state index in [1.807, 2.05) is 20.8 Å². The molecular weight excluding hydrogens is 405 g/mol. The van der Waals surface area contributed by atoms with E-state index in [1.54, 1.807) is 34.5 Å². The summed E-state index contributed by atoms with van der Waals surface area (Å²) in [6, 6.07) is 6.48. The Morgan fingerprint density at radius 2 is 2.07 bits per heavy atom. The van der Waals surface area contributed by atoms with Gasteiger partial charge in [-0.05, 0) is 45.0 Å².